The minimum Gasteiger partial charge on any atom is -0.497 e. The second kappa shape index (κ2) is 9.82. The van der Waals surface area contributed by atoms with Crippen LogP contribution in [0, 0.1) is 0 Å². The van der Waals surface area contributed by atoms with Gasteiger partial charge in [-0.25, -0.2) is 4.99 Å². The molecule has 2 rings (SSSR count). The molecule has 1 aromatic carbocycles. The van der Waals surface area contributed by atoms with Crippen molar-refractivity contribution in [3.8, 4) is 11.5 Å². The molecule has 0 aliphatic heterocycles. The number of methoxy groups -OCH3 is 1. The Hall–Kier alpha value is -2.21. The number of aliphatic imine (C=N–C) groups is 1. The zero-order valence-corrected chi connectivity index (χ0v) is 15.2. The van der Waals surface area contributed by atoms with E-state index >= 15 is 0 Å². The van der Waals surface area contributed by atoms with Crippen molar-refractivity contribution >= 4 is 17.3 Å². The van der Waals surface area contributed by atoms with Crippen molar-refractivity contribution in [1.82, 2.24) is 10.6 Å². The summed E-state index contributed by atoms with van der Waals surface area (Å²) in [6, 6.07) is 9.71. The number of rotatable bonds is 8. The summed E-state index contributed by atoms with van der Waals surface area (Å²) in [7, 11) is 1.65. The molecule has 2 aromatic rings. The third-order valence-electron chi connectivity index (χ3n) is 3.28. The van der Waals surface area contributed by atoms with Crippen molar-refractivity contribution in [2.75, 3.05) is 20.2 Å². The van der Waals surface area contributed by atoms with Gasteiger partial charge in [0.1, 0.15) is 17.6 Å². The number of benzene rings is 1. The fraction of sp³-hybridized carbons (Fsp3) is 0.389. The topological polar surface area (TPSA) is 54.9 Å². The second-order valence-corrected chi connectivity index (χ2v) is 6.10. The minimum atomic E-state index is 0.00195. The summed E-state index contributed by atoms with van der Waals surface area (Å²) in [6.45, 7) is 6.23. The summed E-state index contributed by atoms with van der Waals surface area (Å²) in [4.78, 5) is 4.59. The Labute approximate surface area is 147 Å². The smallest absolute Gasteiger partial charge is 0.191 e. The van der Waals surface area contributed by atoms with E-state index in [9.17, 15) is 0 Å². The molecule has 1 aromatic heterocycles. The summed E-state index contributed by atoms with van der Waals surface area (Å²) in [5.41, 5.74) is 1.22. The van der Waals surface area contributed by atoms with Crippen LogP contribution in [0.2, 0.25) is 0 Å². The first-order valence-electron chi connectivity index (χ1n) is 8.05. The Morgan fingerprint density at radius 2 is 2.08 bits per heavy atom. The summed E-state index contributed by atoms with van der Waals surface area (Å²) < 4.78 is 11.1. The van der Waals surface area contributed by atoms with Gasteiger partial charge in [0.05, 0.1) is 20.2 Å². The van der Waals surface area contributed by atoms with Crippen LogP contribution < -0.4 is 20.1 Å². The van der Waals surface area contributed by atoms with Crippen LogP contribution >= 0.6 is 11.3 Å². The first kappa shape index (κ1) is 18.1. The van der Waals surface area contributed by atoms with Crippen LogP contribution in [0.15, 0.2) is 46.1 Å². The lowest BCUT2D eigenvalue weighted by Gasteiger charge is -2.18. The van der Waals surface area contributed by atoms with Crippen molar-refractivity contribution < 1.29 is 9.47 Å². The highest BCUT2D eigenvalue weighted by Gasteiger charge is 2.06. The van der Waals surface area contributed by atoms with Crippen LogP contribution in [0.3, 0.4) is 0 Å². The van der Waals surface area contributed by atoms with Gasteiger partial charge in [0.2, 0.25) is 0 Å². The molecule has 0 saturated carbocycles. The molecule has 2 N–H and O–H groups in total. The first-order chi connectivity index (χ1) is 11.7. The number of nitrogens with one attached hydrogen (secondary N) is 2. The van der Waals surface area contributed by atoms with Crippen molar-refractivity contribution in [2.24, 2.45) is 4.99 Å². The molecule has 0 radical (unpaired) electrons. The highest BCUT2D eigenvalue weighted by atomic mass is 32.1. The van der Waals surface area contributed by atoms with E-state index in [2.05, 4.69) is 39.4 Å². The van der Waals surface area contributed by atoms with Crippen LogP contribution in [-0.4, -0.2) is 32.3 Å². The molecule has 5 nitrogen and oxygen atoms in total. The molecule has 0 aliphatic rings. The van der Waals surface area contributed by atoms with E-state index < -0.39 is 0 Å². The maximum absolute atomic E-state index is 5.91. The quantitative estimate of drug-likeness (QED) is 0.568. The van der Waals surface area contributed by atoms with Gasteiger partial charge in [-0.15, -0.1) is 0 Å². The monoisotopic (exact) mass is 347 g/mol. The van der Waals surface area contributed by atoms with Gasteiger partial charge in [-0.2, -0.15) is 11.3 Å². The third kappa shape index (κ3) is 6.12. The van der Waals surface area contributed by atoms with Crippen molar-refractivity contribution in [1.29, 1.82) is 0 Å². The lowest BCUT2D eigenvalue weighted by Crippen LogP contribution is -2.41. The van der Waals surface area contributed by atoms with Crippen LogP contribution in [-0.2, 0) is 6.54 Å². The SMILES string of the molecule is CCNC(=NCc1ccsc1)NCC(C)Oc1cccc(OC)c1. The standard InChI is InChI=1S/C18H25N3O2S/c1-4-19-18(21-12-15-8-9-24-13-15)20-11-14(2)23-17-7-5-6-16(10-17)22-3/h5-10,13-14H,4,11-12H2,1-3H3,(H2,19,20,21). The molecule has 0 fully saturated rings. The predicted molar refractivity (Wildman–Crippen MR) is 100 cm³/mol. The zero-order valence-electron chi connectivity index (χ0n) is 14.4. The maximum Gasteiger partial charge on any atom is 0.191 e. The number of hydrogen-bond acceptors (Lipinski definition) is 4. The predicted octanol–water partition coefficient (Wildman–Crippen LogP) is 3.28. The van der Waals surface area contributed by atoms with E-state index in [1.165, 1.54) is 5.56 Å². The number of hydrogen-bond donors (Lipinski definition) is 2. The Balaban J connectivity index is 1.84. The van der Waals surface area contributed by atoms with Crippen LogP contribution in [0.1, 0.15) is 19.4 Å². The van der Waals surface area contributed by atoms with Crippen LogP contribution in [0.4, 0.5) is 0 Å². The van der Waals surface area contributed by atoms with Gasteiger partial charge in [0.15, 0.2) is 5.96 Å². The summed E-state index contributed by atoms with van der Waals surface area (Å²) in [5.74, 6) is 2.38. The minimum absolute atomic E-state index is 0.00195. The lowest BCUT2D eigenvalue weighted by molar-refractivity contribution is 0.223. The molecular formula is C18H25N3O2S. The number of thiophene rings is 1. The molecule has 6 heteroatoms. The number of guanidine groups is 1. The second-order valence-electron chi connectivity index (χ2n) is 5.32. The molecule has 24 heavy (non-hydrogen) atoms. The molecule has 1 unspecified atom stereocenters. The van der Waals surface area contributed by atoms with Gasteiger partial charge in [0, 0.05) is 12.6 Å². The van der Waals surface area contributed by atoms with Gasteiger partial charge < -0.3 is 20.1 Å². The number of ether oxygens (including phenoxy) is 2. The van der Waals surface area contributed by atoms with E-state index in [1.54, 1.807) is 18.4 Å². The molecule has 1 heterocycles. The first-order valence-corrected chi connectivity index (χ1v) is 8.99. The van der Waals surface area contributed by atoms with Crippen molar-refractivity contribution in [3.63, 3.8) is 0 Å². The van der Waals surface area contributed by atoms with Gasteiger partial charge in [-0.1, -0.05) is 6.07 Å². The lowest BCUT2D eigenvalue weighted by atomic mass is 10.3. The van der Waals surface area contributed by atoms with Crippen molar-refractivity contribution in [3.05, 3.63) is 46.7 Å². The average molecular weight is 347 g/mol. The maximum atomic E-state index is 5.91. The highest BCUT2D eigenvalue weighted by molar-refractivity contribution is 7.07. The van der Waals surface area contributed by atoms with Crippen LogP contribution in [0.25, 0.3) is 0 Å². The Bertz CT molecular complexity index is 629. The van der Waals surface area contributed by atoms with Gasteiger partial charge >= 0.3 is 0 Å². The van der Waals surface area contributed by atoms with Gasteiger partial charge in [0.25, 0.3) is 0 Å². The molecule has 0 aliphatic carbocycles. The molecule has 0 bridgehead atoms. The fourth-order valence-electron chi connectivity index (χ4n) is 2.08. The molecule has 0 spiro atoms. The summed E-state index contributed by atoms with van der Waals surface area (Å²) in [6.07, 6.45) is 0.00195. The molecule has 0 amide bonds. The molecule has 130 valence electrons. The van der Waals surface area contributed by atoms with E-state index in [-0.39, 0.29) is 6.10 Å². The number of nitrogens with zero attached hydrogens (tertiary/aromatic N) is 1. The Morgan fingerprint density at radius 3 is 2.79 bits per heavy atom. The van der Waals surface area contributed by atoms with Gasteiger partial charge in [-0.3, -0.25) is 0 Å². The van der Waals surface area contributed by atoms with E-state index in [0.717, 1.165) is 24.0 Å². The third-order valence-corrected chi connectivity index (χ3v) is 4.01. The molecule has 1 atom stereocenters. The highest BCUT2D eigenvalue weighted by Crippen LogP contribution is 2.19. The van der Waals surface area contributed by atoms with E-state index in [0.29, 0.717) is 13.1 Å². The van der Waals surface area contributed by atoms with Crippen molar-refractivity contribution in [2.45, 2.75) is 26.5 Å². The summed E-state index contributed by atoms with van der Waals surface area (Å²) in [5, 5.41) is 10.7. The normalized spacial score (nSPS) is 12.5. The van der Waals surface area contributed by atoms with Gasteiger partial charge in [-0.05, 0) is 48.4 Å². The zero-order chi connectivity index (χ0) is 17.2. The summed E-state index contributed by atoms with van der Waals surface area (Å²) >= 11 is 1.69. The molecular weight excluding hydrogens is 322 g/mol. The Morgan fingerprint density at radius 1 is 1.25 bits per heavy atom. The molecule has 0 saturated heterocycles. The largest absolute Gasteiger partial charge is 0.497 e. The Kier molecular flexibility index (Phi) is 7.42. The van der Waals surface area contributed by atoms with E-state index in [1.807, 2.05) is 31.2 Å². The average Bonchev–Trinajstić information content (AvgIpc) is 3.11. The fourth-order valence-corrected chi connectivity index (χ4v) is 2.74. The van der Waals surface area contributed by atoms with Crippen LogP contribution in [0.5, 0.6) is 11.5 Å². The van der Waals surface area contributed by atoms with E-state index in [4.69, 9.17) is 9.47 Å².